The number of hydrogen-bond donors (Lipinski definition) is 0. The highest BCUT2D eigenvalue weighted by Gasteiger charge is 2.50. The molecule has 3 unspecified atom stereocenters. The van der Waals surface area contributed by atoms with Crippen LogP contribution in [-0.4, -0.2) is 41.9 Å². The van der Waals surface area contributed by atoms with Crippen molar-refractivity contribution in [2.75, 3.05) is 19.7 Å². The molecule has 0 aromatic rings. The van der Waals surface area contributed by atoms with Gasteiger partial charge >= 0.3 is 6.09 Å². The maximum atomic E-state index is 12.0. The van der Waals surface area contributed by atoms with Crippen LogP contribution >= 0.6 is 0 Å². The highest BCUT2D eigenvalue weighted by molar-refractivity contribution is 5.68. The summed E-state index contributed by atoms with van der Waals surface area (Å²) in [6.45, 7) is 12.5. The molecule has 0 aliphatic carbocycles. The molecule has 0 saturated carbocycles. The van der Waals surface area contributed by atoms with E-state index in [9.17, 15) is 4.79 Å². The fourth-order valence-electron chi connectivity index (χ4n) is 2.87. The molecule has 2 heterocycles. The SMILES string of the molecule is CC1CN(C(=O)OC(C)(C)C)CCC1C1(C)CO1. The quantitative estimate of drug-likeness (QED) is 0.676. The second-order valence-electron chi connectivity index (χ2n) is 6.90. The lowest BCUT2D eigenvalue weighted by Gasteiger charge is -2.39. The average Bonchev–Trinajstić information content (AvgIpc) is 2.94. The summed E-state index contributed by atoms with van der Waals surface area (Å²) in [6, 6.07) is 0. The lowest BCUT2D eigenvalue weighted by atomic mass is 9.78. The van der Waals surface area contributed by atoms with Crippen LogP contribution in [0.1, 0.15) is 41.0 Å². The van der Waals surface area contributed by atoms with Gasteiger partial charge in [-0.15, -0.1) is 0 Å². The fraction of sp³-hybridized carbons (Fsp3) is 0.929. The van der Waals surface area contributed by atoms with E-state index in [0.29, 0.717) is 11.8 Å². The van der Waals surface area contributed by atoms with E-state index in [0.717, 1.165) is 26.1 Å². The van der Waals surface area contributed by atoms with E-state index in [1.54, 1.807) is 0 Å². The highest BCUT2D eigenvalue weighted by Crippen LogP contribution is 2.43. The monoisotopic (exact) mass is 255 g/mol. The largest absolute Gasteiger partial charge is 0.444 e. The molecule has 0 bridgehead atoms. The number of amides is 1. The molecule has 0 radical (unpaired) electrons. The maximum Gasteiger partial charge on any atom is 0.410 e. The molecule has 2 aliphatic rings. The van der Waals surface area contributed by atoms with Crippen LogP contribution in [0.25, 0.3) is 0 Å². The number of piperidine rings is 1. The van der Waals surface area contributed by atoms with E-state index in [-0.39, 0.29) is 11.7 Å². The van der Waals surface area contributed by atoms with E-state index in [4.69, 9.17) is 9.47 Å². The number of nitrogens with zero attached hydrogens (tertiary/aromatic N) is 1. The minimum absolute atomic E-state index is 0.0689. The van der Waals surface area contributed by atoms with Crippen LogP contribution in [0.3, 0.4) is 0 Å². The Labute approximate surface area is 110 Å². The van der Waals surface area contributed by atoms with Crippen LogP contribution in [-0.2, 0) is 9.47 Å². The molecule has 0 spiro atoms. The Bertz CT molecular complexity index is 330. The van der Waals surface area contributed by atoms with Crippen LogP contribution in [0.5, 0.6) is 0 Å². The van der Waals surface area contributed by atoms with Gasteiger partial charge in [0.15, 0.2) is 0 Å². The third kappa shape index (κ3) is 2.97. The molecule has 18 heavy (non-hydrogen) atoms. The summed E-state index contributed by atoms with van der Waals surface area (Å²) >= 11 is 0. The molecular formula is C14H25NO3. The number of ether oxygens (including phenoxy) is 2. The van der Waals surface area contributed by atoms with Crippen LogP contribution in [0.2, 0.25) is 0 Å². The predicted octanol–water partition coefficient (Wildman–Crippen LogP) is 2.67. The summed E-state index contributed by atoms with van der Waals surface area (Å²) in [5, 5.41) is 0. The highest BCUT2D eigenvalue weighted by atomic mass is 16.6. The molecule has 2 aliphatic heterocycles. The molecule has 0 aromatic carbocycles. The van der Waals surface area contributed by atoms with Crippen molar-refractivity contribution in [3.05, 3.63) is 0 Å². The van der Waals surface area contributed by atoms with Gasteiger partial charge in [0.05, 0.1) is 12.2 Å². The molecule has 3 atom stereocenters. The first-order valence-electron chi connectivity index (χ1n) is 6.83. The third-order valence-electron chi connectivity index (χ3n) is 3.94. The van der Waals surface area contributed by atoms with Gasteiger partial charge in [0.1, 0.15) is 5.60 Å². The topological polar surface area (TPSA) is 42.1 Å². The summed E-state index contributed by atoms with van der Waals surface area (Å²) in [5.41, 5.74) is -0.345. The molecule has 2 fully saturated rings. The number of carbonyl (C=O) groups is 1. The summed E-state index contributed by atoms with van der Waals surface area (Å²) in [4.78, 5) is 13.8. The van der Waals surface area contributed by atoms with E-state index in [2.05, 4.69) is 13.8 Å². The molecule has 2 saturated heterocycles. The van der Waals surface area contributed by atoms with E-state index in [1.165, 1.54) is 0 Å². The first-order valence-corrected chi connectivity index (χ1v) is 6.83. The molecule has 0 N–H and O–H groups in total. The molecule has 104 valence electrons. The van der Waals surface area contributed by atoms with Crippen molar-refractivity contribution in [3.8, 4) is 0 Å². The molecular weight excluding hydrogens is 230 g/mol. The lowest BCUT2D eigenvalue weighted by Crippen LogP contribution is -2.47. The van der Waals surface area contributed by atoms with Gasteiger partial charge in [0.25, 0.3) is 0 Å². The summed E-state index contributed by atoms with van der Waals surface area (Å²) in [6.07, 6.45) is 0.825. The van der Waals surface area contributed by atoms with E-state index >= 15 is 0 Å². The van der Waals surface area contributed by atoms with Gasteiger partial charge in [-0.3, -0.25) is 0 Å². The summed E-state index contributed by atoms with van der Waals surface area (Å²) in [7, 11) is 0. The van der Waals surface area contributed by atoms with Crippen molar-refractivity contribution >= 4 is 6.09 Å². The van der Waals surface area contributed by atoms with Crippen molar-refractivity contribution in [3.63, 3.8) is 0 Å². The van der Waals surface area contributed by atoms with Gasteiger partial charge < -0.3 is 14.4 Å². The Morgan fingerprint density at radius 1 is 1.44 bits per heavy atom. The molecule has 4 heteroatoms. The first-order chi connectivity index (χ1) is 8.21. The molecule has 0 aromatic heterocycles. The third-order valence-corrected chi connectivity index (χ3v) is 3.94. The zero-order valence-corrected chi connectivity index (χ0v) is 12.2. The standard InChI is InChI=1S/C14H25NO3/c1-10-8-15(12(16)18-13(2,3)4)7-6-11(10)14(5)9-17-14/h10-11H,6-9H2,1-5H3. The lowest BCUT2D eigenvalue weighted by molar-refractivity contribution is 0.00492. The Morgan fingerprint density at radius 3 is 2.50 bits per heavy atom. The summed E-state index contributed by atoms with van der Waals surface area (Å²) in [5.74, 6) is 1.04. The first kappa shape index (κ1) is 13.7. The van der Waals surface area contributed by atoms with Crippen molar-refractivity contribution < 1.29 is 14.3 Å². The van der Waals surface area contributed by atoms with Gasteiger partial charge in [-0.1, -0.05) is 6.92 Å². The summed E-state index contributed by atoms with van der Waals surface area (Å²) < 4.78 is 11.0. The van der Waals surface area contributed by atoms with Gasteiger partial charge in [0, 0.05) is 13.1 Å². The Hall–Kier alpha value is -0.770. The smallest absolute Gasteiger partial charge is 0.410 e. The van der Waals surface area contributed by atoms with Crippen LogP contribution in [0, 0.1) is 11.8 Å². The fourth-order valence-corrected chi connectivity index (χ4v) is 2.87. The number of carbonyl (C=O) groups excluding carboxylic acids is 1. The van der Waals surface area contributed by atoms with Crippen molar-refractivity contribution in [1.29, 1.82) is 0 Å². The van der Waals surface area contributed by atoms with E-state index in [1.807, 2.05) is 25.7 Å². The van der Waals surface area contributed by atoms with Crippen LogP contribution < -0.4 is 0 Å². The number of hydrogen-bond acceptors (Lipinski definition) is 3. The molecule has 1 amide bonds. The van der Waals surface area contributed by atoms with Gasteiger partial charge in [-0.25, -0.2) is 4.79 Å². The van der Waals surface area contributed by atoms with Crippen LogP contribution in [0.4, 0.5) is 4.79 Å². The van der Waals surface area contributed by atoms with E-state index < -0.39 is 5.60 Å². The minimum Gasteiger partial charge on any atom is -0.444 e. The molecule has 2 rings (SSSR count). The minimum atomic E-state index is -0.414. The Kier molecular flexibility index (Phi) is 3.34. The van der Waals surface area contributed by atoms with Gasteiger partial charge in [0.2, 0.25) is 0 Å². The predicted molar refractivity (Wildman–Crippen MR) is 69.4 cm³/mol. The molecule has 4 nitrogen and oxygen atoms in total. The zero-order chi connectivity index (χ0) is 13.6. The zero-order valence-electron chi connectivity index (χ0n) is 12.2. The number of epoxide rings is 1. The van der Waals surface area contributed by atoms with Gasteiger partial charge in [-0.2, -0.15) is 0 Å². The van der Waals surface area contributed by atoms with Gasteiger partial charge in [-0.05, 0) is 46.0 Å². The second kappa shape index (κ2) is 4.41. The van der Waals surface area contributed by atoms with Crippen LogP contribution in [0.15, 0.2) is 0 Å². The second-order valence-corrected chi connectivity index (χ2v) is 6.90. The Balaban J connectivity index is 1.90. The normalized spacial score (nSPS) is 36.4. The maximum absolute atomic E-state index is 12.0. The number of likely N-dealkylation sites (tertiary alicyclic amines) is 1. The Morgan fingerprint density at radius 2 is 2.06 bits per heavy atom. The van der Waals surface area contributed by atoms with Crippen molar-refractivity contribution in [2.45, 2.75) is 52.2 Å². The average molecular weight is 255 g/mol. The van der Waals surface area contributed by atoms with Crippen molar-refractivity contribution in [1.82, 2.24) is 4.90 Å². The number of rotatable bonds is 1. The van der Waals surface area contributed by atoms with Crippen molar-refractivity contribution in [2.24, 2.45) is 11.8 Å².